The molecule has 1 saturated heterocycles. The standard InChI is InChI=1S/C13H15N5OS/c19-13(17-4-6-20-7-5-17)16-11-2-1-3-12(8-11)18-9-14-15-10-18/h1-3,8-10H,4-7H2,(H,16,19). The topological polar surface area (TPSA) is 63.1 Å². The molecule has 0 saturated carbocycles. The third kappa shape index (κ3) is 2.93. The summed E-state index contributed by atoms with van der Waals surface area (Å²) in [6, 6.07) is 7.59. The summed E-state index contributed by atoms with van der Waals surface area (Å²) in [5, 5.41) is 10.5. The predicted octanol–water partition coefficient (Wildman–Crippen LogP) is 1.85. The lowest BCUT2D eigenvalue weighted by Gasteiger charge is -2.26. The average molecular weight is 289 g/mol. The van der Waals surface area contributed by atoms with Gasteiger partial charge in [-0.15, -0.1) is 10.2 Å². The van der Waals surface area contributed by atoms with Gasteiger partial charge < -0.3 is 10.2 Å². The van der Waals surface area contributed by atoms with Crippen molar-refractivity contribution in [3.8, 4) is 5.69 Å². The molecule has 3 rings (SSSR count). The Hall–Kier alpha value is -2.02. The molecule has 1 fully saturated rings. The van der Waals surface area contributed by atoms with Gasteiger partial charge in [0.25, 0.3) is 0 Å². The minimum Gasteiger partial charge on any atom is -0.323 e. The third-order valence-electron chi connectivity index (χ3n) is 3.11. The van der Waals surface area contributed by atoms with Crippen LogP contribution in [0.3, 0.4) is 0 Å². The fraction of sp³-hybridized carbons (Fsp3) is 0.308. The van der Waals surface area contributed by atoms with Gasteiger partial charge >= 0.3 is 6.03 Å². The molecule has 0 bridgehead atoms. The zero-order valence-electron chi connectivity index (χ0n) is 10.9. The number of hydrogen-bond acceptors (Lipinski definition) is 4. The van der Waals surface area contributed by atoms with E-state index in [1.54, 1.807) is 17.2 Å². The summed E-state index contributed by atoms with van der Waals surface area (Å²) in [6.07, 6.45) is 3.26. The van der Waals surface area contributed by atoms with E-state index < -0.39 is 0 Å². The number of anilines is 1. The number of nitrogens with one attached hydrogen (secondary N) is 1. The Morgan fingerprint density at radius 1 is 1.20 bits per heavy atom. The number of carbonyl (C=O) groups is 1. The number of nitrogens with zero attached hydrogens (tertiary/aromatic N) is 4. The van der Waals surface area contributed by atoms with E-state index in [0.29, 0.717) is 0 Å². The lowest BCUT2D eigenvalue weighted by atomic mass is 10.3. The molecule has 1 aromatic heterocycles. The number of amides is 2. The van der Waals surface area contributed by atoms with Crippen LogP contribution in [0.1, 0.15) is 0 Å². The van der Waals surface area contributed by atoms with Crippen LogP contribution in [0.5, 0.6) is 0 Å². The number of hydrogen-bond donors (Lipinski definition) is 1. The summed E-state index contributed by atoms with van der Waals surface area (Å²) in [6.45, 7) is 1.61. The van der Waals surface area contributed by atoms with Crippen molar-refractivity contribution in [3.05, 3.63) is 36.9 Å². The van der Waals surface area contributed by atoms with Gasteiger partial charge in [0.1, 0.15) is 12.7 Å². The molecule has 1 aliphatic heterocycles. The molecular formula is C13H15N5OS. The second kappa shape index (κ2) is 5.96. The first kappa shape index (κ1) is 13.0. The van der Waals surface area contributed by atoms with Gasteiger partial charge in [-0.2, -0.15) is 11.8 Å². The Kier molecular flexibility index (Phi) is 3.87. The van der Waals surface area contributed by atoms with Crippen LogP contribution in [0.4, 0.5) is 10.5 Å². The van der Waals surface area contributed by atoms with Crippen LogP contribution < -0.4 is 5.32 Å². The Morgan fingerprint density at radius 2 is 1.95 bits per heavy atom. The van der Waals surface area contributed by atoms with Gasteiger partial charge in [0.15, 0.2) is 0 Å². The number of rotatable bonds is 2. The van der Waals surface area contributed by atoms with E-state index in [0.717, 1.165) is 36.0 Å². The van der Waals surface area contributed by atoms with Crippen LogP contribution in [0.25, 0.3) is 5.69 Å². The van der Waals surface area contributed by atoms with Gasteiger partial charge in [0.2, 0.25) is 0 Å². The van der Waals surface area contributed by atoms with Gasteiger partial charge in [-0.1, -0.05) is 6.07 Å². The largest absolute Gasteiger partial charge is 0.323 e. The molecule has 6 nitrogen and oxygen atoms in total. The molecule has 0 atom stereocenters. The van der Waals surface area contributed by atoms with Crippen molar-refractivity contribution in [3.63, 3.8) is 0 Å². The Bertz CT molecular complexity index is 580. The van der Waals surface area contributed by atoms with Crippen molar-refractivity contribution in [2.45, 2.75) is 0 Å². The molecule has 104 valence electrons. The minimum absolute atomic E-state index is 0.0359. The second-order valence-corrected chi connectivity index (χ2v) is 5.67. The monoisotopic (exact) mass is 289 g/mol. The predicted molar refractivity (Wildman–Crippen MR) is 79.3 cm³/mol. The summed E-state index contributed by atoms with van der Waals surface area (Å²) in [5.41, 5.74) is 1.70. The highest BCUT2D eigenvalue weighted by Crippen LogP contribution is 2.16. The summed E-state index contributed by atoms with van der Waals surface area (Å²) < 4.78 is 1.80. The lowest BCUT2D eigenvalue weighted by molar-refractivity contribution is 0.217. The normalized spacial score (nSPS) is 15.1. The van der Waals surface area contributed by atoms with Crippen LogP contribution >= 0.6 is 11.8 Å². The number of thioether (sulfide) groups is 1. The van der Waals surface area contributed by atoms with E-state index >= 15 is 0 Å². The molecule has 1 aromatic carbocycles. The van der Waals surface area contributed by atoms with Crippen molar-refractivity contribution in [2.75, 3.05) is 29.9 Å². The van der Waals surface area contributed by atoms with Crippen LogP contribution in [0.2, 0.25) is 0 Å². The average Bonchev–Trinajstić information content (AvgIpc) is 3.03. The maximum absolute atomic E-state index is 12.1. The lowest BCUT2D eigenvalue weighted by Crippen LogP contribution is -2.40. The van der Waals surface area contributed by atoms with Crippen LogP contribution in [0, 0.1) is 0 Å². The Balaban J connectivity index is 1.71. The molecule has 0 radical (unpaired) electrons. The maximum Gasteiger partial charge on any atom is 0.321 e. The van der Waals surface area contributed by atoms with E-state index in [4.69, 9.17) is 0 Å². The third-order valence-corrected chi connectivity index (χ3v) is 4.06. The van der Waals surface area contributed by atoms with Crippen LogP contribution in [-0.4, -0.2) is 50.3 Å². The number of aromatic nitrogens is 3. The highest BCUT2D eigenvalue weighted by Gasteiger charge is 2.16. The highest BCUT2D eigenvalue weighted by molar-refractivity contribution is 7.99. The molecule has 2 heterocycles. The first-order valence-corrected chi connectivity index (χ1v) is 7.57. The summed E-state index contributed by atoms with van der Waals surface area (Å²) in [4.78, 5) is 14.0. The molecule has 1 aliphatic rings. The van der Waals surface area contributed by atoms with Gasteiger partial charge in [0.05, 0.1) is 5.69 Å². The minimum atomic E-state index is -0.0359. The molecule has 1 N–H and O–H groups in total. The van der Waals surface area contributed by atoms with Crippen molar-refractivity contribution in [1.82, 2.24) is 19.7 Å². The molecule has 0 aliphatic carbocycles. The molecule has 2 aromatic rings. The smallest absolute Gasteiger partial charge is 0.321 e. The molecule has 0 unspecified atom stereocenters. The summed E-state index contributed by atoms with van der Waals surface area (Å²) in [5.74, 6) is 2.02. The molecule has 2 amide bonds. The highest BCUT2D eigenvalue weighted by atomic mass is 32.2. The first-order chi connectivity index (χ1) is 9.83. The van der Waals surface area contributed by atoms with Gasteiger partial charge in [-0.25, -0.2) is 4.79 Å². The second-order valence-electron chi connectivity index (χ2n) is 4.45. The Labute approximate surface area is 121 Å². The van der Waals surface area contributed by atoms with Crippen LogP contribution in [-0.2, 0) is 0 Å². The van der Waals surface area contributed by atoms with E-state index in [-0.39, 0.29) is 6.03 Å². The fourth-order valence-corrected chi connectivity index (χ4v) is 2.95. The van der Waals surface area contributed by atoms with Gasteiger partial charge in [0, 0.05) is 30.3 Å². The molecular weight excluding hydrogens is 274 g/mol. The first-order valence-electron chi connectivity index (χ1n) is 6.42. The number of benzene rings is 1. The summed E-state index contributed by atoms with van der Waals surface area (Å²) >= 11 is 1.88. The fourth-order valence-electron chi connectivity index (χ4n) is 2.05. The van der Waals surface area contributed by atoms with E-state index in [9.17, 15) is 4.79 Å². The van der Waals surface area contributed by atoms with E-state index in [1.165, 1.54) is 0 Å². The van der Waals surface area contributed by atoms with E-state index in [2.05, 4.69) is 15.5 Å². The van der Waals surface area contributed by atoms with E-state index in [1.807, 2.05) is 40.9 Å². The summed E-state index contributed by atoms with van der Waals surface area (Å²) in [7, 11) is 0. The molecule has 20 heavy (non-hydrogen) atoms. The van der Waals surface area contributed by atoms with Crippen LogP contribution in [0.15, 0.2) is 36.9 Å². The van der Waals surface area contributed by atoms with Gasteiger partial charge in [-0.3, -0.25) is 4.57 Å². The van der Waals surface area contributed by atoms with Gasteiger partial charge in [-0.05, 0) is 18.2 Å². The zero-order valence-corrected chi connectivity index (χ0v) is 11.7. The van der Waals surface area contributed by atoms with Crippen molar-refractivity contribution >= 4 is 23.5 Å². The zero-order chi connectivity index (χ0) is 13.8. The molecule has 0 spiro atoms. The molecule has 7 heteroatoms. The number of urea groups is 1. The van der Waals surface area contributed by atoms with Crippen molar-refractivity contribution < 1.29 is 4.79 Å². The van der Waals surface area contributed by atoms with Crippen molar-refractivity contribution in [1.29, 1.82) is 0 Å². The number of carbonyl (C=O) groups excluding carboxylic acids is 1. The van der Waals surface area contributed by atoms with Crippen molar-refractivity contribution in [2.24, 2.45) is 0 Å². The Morgan fingerprint density at radius 3 is 2.70 bits per heavy atom. The quantitative estimate of drug-likeness (QED) is 0.916. The SMILES string of the molecule is O=C(Nc1cccc(-n2cnnc2)c1)N1CCSCC1. The maximum atomic E-state index is 12.1.